The maximum absolute atomic E-state index is 13.4. The standard InChI is InChI=1S/C29H40N2O5/c1-20-26(13-12-23-22-9-5-10-24(22)29(33)36-28(20)23)35-19-27(32)31(16-7-17-34-2)18-21-8-6-15-30-14-4-3-11-25(21)30/h12-13,21,25H,3-11,14-19H2,1-2H3. The first-order valence-corrected chi connectivity index (χ1v) is 13.8. The number of carbonyl (C=O) groups is 1. The van der Waals surface area contributed by atoms with Crippen molar-refractivity contribution in [3.05, 3.63) is 39.2 Å². The topological polar surface area (TPSA) is 72.2 Å². The van der Waals surface area contributed by atoms with Crippen molar-refractivity contribution in [1.29, 1.82) is 0 Å². The number of fused-ring (bicyclic) bond motifs is 4. The third kappa shape index (κ3) is 5.18. The average molecular weight is 497 g/mol. The van der Waals surface area contributed by atoms with Gasteiger partial charge in [0.2, 0.25) is 0 Å². The van der Waals surface area contributed by atoms with Gasteiger partial charge in [0.1, 0.15) is 11.3 Å². The molecule has 0 bridgehead atoms. The molecule has 1 aromatic carbocycles. The highest BCUT2D eigenvalue weighted by molar-refractivity contribution is 5.86. The first kappa shape index (κ1) is 25.3. The summed E-state index contributed by atoms with van der Waals surface area (Å²) in [5.74, 6) is 1.13. The summed E-state index contributed by atoms with van der Waals surface area (Å²) in [6.07, 6.45) is 9.72. The van der Waals surface area contributed by atoms with Crippen molar-refractivity contribution in [2.45, 2.75) is 70.8 Å². The van der Waals surface area contributed by atoms with Crippen LogP contribution in [0.1, 0.15) is 61.6 Å². The second kappa shape index (κ2) is 11.3. The largest absolute Gasteiger partial charge is 0.483 e. The average Bonchev–Trinajstić information content (AvgIpc) is 3.39. The molecule has 196 valence electrons. The molecule has 0 saturated carbocycles. The predicted molar refractivity (Wildman–Crippen MR) is 140 cm³/mol. The molecule has 7 heteroatoms. The molecule has 2 saturated heterocycles. The number of benzene rings is 1. The highest BCUT2D eigenvalue weighted by atomic mass is 16.5. The maximum atomic E-state index is 13.4. The van der Waals surface area contributed by atoms with Crippen molar-refractivity contribution in [3.63, 3.8) is 0 Å². The van der Waals surface area contributed by atoms with Gasteiger partial charge in [-0.1, -0.05) is 6.42 Å². The van der Waals surface area contributed by atoms with E-state index in [9.17, 15) is 9.59 Å². The van der Waals surface area contributed by atoms with Gasteiger partial charge < -0.3 is 23.7 Å². The van der Waals surface area contributed by atoms with Crippen LogP contribution in [-0.2, 0) is 22.4 Å². The Morgan fingerprint density at radius 3 is 2.81 bits per heavy atom. The molecule has 36 heavy (non-hydrogen) atoms. The monoisotopic (exact) mass is 496 g/mol. The highest BCUT2D eigenvalue weighted by Gasteiger charge is 2.34. The van der Waals surface area contributed by atoms with Gasteiger partial charge >= 0.3 is 5.63 Å². The van der Waals surface area contributed by atoms with Gasteiger partial charge in [-0.15, -0.1) is 0 Å². The SMILES string of the molecule is COCCCN(CC1CCCN2CCCCC12)C(=O)COc1ccc2c3c(c(=O)oc2c1C)CCC3. The Morgan fingerprint density at radius 2 is 1.94 bits per heavy atom. The highest BCUT2D eigenvalue weighted by Crippen LogP contribution is 2.34. The minimum Gasteiger partial charge on any atom is -0.483 e. The summed E-state index contributed by atoms with van der Waals surface area (Å²) in [5.41, 5.74) is 3.06. The normalized spacial score (nSPS) is 21.8. The lowest BCUT2D eigenvalue weighted by Crippen LogP contribution is -2.52. The third-order valence-electron chi connectivity index (χ3n) is 8.50. The number of aryl methyl sites for hydroxylation is 2. The van der Waals surface area contributed by atoms with E-state index < -0.39 is 0 Å². The molecule has 7 nitrogen and oxygen atoms in total. The van der Waals surface area contributed by atoms with Crippen LogP contribution in [0.4, 0.5) is 0 Å². The molecular weight excluding hydrogens is 456 g/mol. The van der Waals surface area contributed by atoms with Gasteiger partial charge in [-0.05, 0) is 95.0 Å². The Balaban J connectivity index is 1.29. The van der Waals surface area contributed by atoms with E-state index in [2.05, 4.69) is 4.90 Å². The number of ether oxygens (including phenoxy) is 2. The second-order valence-electron chi connectivity index (χ2n) is 10.7. The van der Waals surface area contributed by atoms with Gasteiger partial charge in [-0.3, -0.25) is 4.79 Å². The van der Waals surface area contributed by atoms with Gasteiger partial charge in [0.25, 0.3) is 5.91 Å². The van der Waals surface area contributed by atoms with E-state index >= 15 is 0 Å². The van der Waals surface area contributed by atoms with Crippen molar-refractivity contribution >= 4 is 16.9 Å². The number of amides is 1. The molecule has 2 unspecified atom stereocenters. The minimum absolute atomic E-state index is 0.00828. The zero-order valence-electron chi connectivity index (χ0n) is 21.9. The number of methoxy groups -OCH3 is 1. The molecule has 1 aliphatic carbocycles. The summed E-state index contributed by atoms with van der Waals surface area (Å²) < 4.78 is 17.0. The Labute approximate surface area is 213 Å². The quantitative estimate of drug-likeness (QED) is 0.385. The molecule has 5 rings (SSSR count). The van der Waals surface area contributed by atoms with Crippen LogP contribution < -0.4 is 10.4 Å². The first-order valence-electron chi connectivity index (χ1n) is 13.8. The lowest BCUT2D eigenvalue weighted by Gasteiger charge is -2.45. The zero-order chi connectivity index (χ0) is 25.1. The molecule has 2 aliphatic heterocycles. The number of piperidine rings is 2. The molecule has 0 spiro atoms. The number of rotatable bonds is 9. The lowest BCUT2D eigenvalue weighted by molar-refractivity contribution is -0.135. The number of nitrogens with zero attached hydrogens (tertiary/aromatic N) is 2. The first-order chi connectivity index (χ1) is 17.6. The minimum atomic E-state index is -0.236. The van der Waals surface area contributed by atoms with Crippen molar-refractivity contribution in [3.8, 4) is 5.75 Å². The summed E-state index contributed by atoms with van der Waals surface area (Å²) in [4.78, 5) is 30.5. The Hall–Kier alpha value is -2.38. The van der Waals surface area contributed by atoms with E-state index in [0.717, 1.165) is 54.3 Å². The molecular formula is C29H40N2O5. The summed E-state index contributed by atoms with van der Waals surface area (Å²) in [5, 5.41) is 0.994. The van der Waals surface area contributed by atoms with Crippen molar-refractivity contribution in [1.82, 2.24) is 9.80 Å². The van der Waals surface area contributed by atoms with Crippen LogP contribution in [0, 0.1) is 12.8 Å². The van der Waals surface area contributed by atoms with E-state index in [1.54, 1.807) is 7.11 Å². The maximum Gasteiger partial charge on any atom is 0.339 e. The van der Waals surface area contributed by atoms with Crippen LogP contribution in [0.3, 0.4) is 0 Å². The fourth-order valence-corrected chi connectivity index (χ4v) is 6.64. The van der Waals surface area contributed by atoms with Crippen molar-refractivity contribution in [2.75, 3.05) is 46.5 Å². The molecule has 2 aromatic rings. The molecule has 1 amide bonds. The number of hydrogen-bond donors (Lipinski definition) is 0. The molecule has 2 atom stereocenters. The van der Waals surface area contributed by atoms with Crippen LogP contribution in [0.25, 0.3) is 11.0 Å². The molecule has 3 heterocycles. The molecule has 2 fully saturated rings. The van der Waals surface area contributed by atoms with E-state index in [0.29, 0.717) is 36.4 Å². The molecule has 0 N–H and O–H groups in total. The van der Waals surface area contributed by atoms with E-state index in [1.165, 1.54) is 45.2 Å². The van der Waals surface area contributed by atoms with Crippen LogP contribution in [0.5, 0.6) is 5.75 Å². The van der Waals surface area contributed by atoms with E-state index in [-0.39, 0.29) is 18.1 Å². The van der Waals surface area contributed by atoms with E-state index in [1.807, 2.05) is 24.0 Å². The van der Waals surface area contributed by atoms with Gasteiger partial charge in [0, 0.05) is 49.4 Å². The van der Waals surface area contributed by atoms with Gasteiger partial charge in [0.15, 0.2) is 6.61 Å². The molecule has 3 aliphatic rings. The third-order valence-corrected chi connectivity index (χ3v) is 8.50. The summed E-state index contributed by atoms with van der Waals surface area (Å²) in [6.45, 7) is 6.38. The van der Waals surface area contributed by atoms with Crippen LogP contribution in [-0.4, -0.2) is 68.3 Å². The smallest absolute Gasteiger partial charge is 0.339 e. The van der Waals surface area contributed by atoms with Crippen LogP contribution in [0.15, 0.2) is 21.3 Å². The Kier molecular flexibility index (Phi) is 7.96. The summed E-state index contributed by atoms with van der Waals surface area (Å²) in [7, 11) is 1.70. The van der Waals surface area contributed by atoms with Gasteiger partial charge in [-0.2, -0.15) is 0 Å². The van der Waals surface area contributed by atoms with Gasteiger partial charge in [0.05, 0.1) is 0 Å². The summed E-state index contributed by atoms with van der Waals surface area (Å²) in [6, 6.07) is 4.49. The Morgan fingerprint density at radius 1 is 1.11 bits per heavy atom. The van der Waals surface area contributed by atoms with Crippen LogP contribution in [0.2, 0.25) is 0 Å². The van der Waals surface area contributed by atoms with E-state index in [4.69, 9.17) is 13.9 Å². The van der Waals surface area contributed by atoms with Crippen molar-refractivity contribution < 1.29 is 18.7 Å². The fourth-order valence-electron chi connectivity index (χ4n) is 6.64. The molecule has 1 aromatic heterocycles. The lowest BCUT2D eigenvalue weighted by atomic mass is 9.83. The predicted octanol–water partition coefficient (Wildman–Crippen LogP) is 4.10. The zero-order valence-corrected chi connectivity index (χ0v) is 21.9. The summed E-state index contributed by atoms with van der Waals surface area (Å²) >= 11 is 0. The number of carbonyl (C=O) groups excluding carboxylic acids is 1. The van der Waals surface area contributed by atoms with Crippen molar-refractivity contribution in [2.24, 2.45) is 5.92 Å². The van der Waals surface area contributed by atoms with Gasteiger partial charge in [-0.25, -0.2) is 4.79 Å². The fraction of sp³-hybridized carbons (Fsp3) is 0.655. The Bertz CT molecular complexity index is 1140. The number of hydrogen-bond acceptors (Lipinski definition) is 6. The van der Waals surface area contributed by atoms with Crippen LogP contribution >= 0.6 is 0 Å². The molecule has 0 radical (unpaired) electrons. The second-order valence-corrected chi connectivity index (χ2v) is 10.7.